The molecule has 0 bridgehead atoms. The molecule has 0 aliphatic carbocycles. The summed E-state index contributed by atoms with van der Waals surface area (Å²) in [5, 5.41) is 17.8. The SMILES string of the molecule is CCc1ccc(CC(=O)CCCN(CCO)CCO)cc1. The molecular weight excluding hydrogens is 266 g/mol. The summed E-state index contributed by atoms with van der Waals surface area (Å²) in [5.74, 6) is 0.243. The second-order valence-corrected chi connectivity index (χ2v) is 5.28. The molecule has 21 heavy (non-hydrogen) atoms. The van der Waals surface area contributed by atoms with Gasteiger partial charge < -0.3 is 10.2 Å². The zero-order valence-electron chi connectivity index (χ0n) is 12.9. The van der Waals surface area contributed by atoms with Crippen LogP contribution in [0.25, 0.3) is 0 Å². The standard InChI is InChI=1S/C17H27NO3/c1-2-15-5-7-16(8-6-15)14-17(21)4-3-9-18(10-12-19)11-13-20/h5-8,19-20H,2-4,9-14H2,1H3. The fourth-order valence-electron chi connectivity index (χ4n) is 2.33. The van der Waals surface area contributed by atoms with Gasteiger partial charge in [0.1, 0.15) is 5.78 Å². The van der Waals surface area contributed by atoms with E-state index in [0.29, 0.717) is 25.9 Å². The lowest BCUT2D eigenvalue weighted by Crippen LogP contribution is -2.31. The van der Waals surface area contributed by atoms with Gasteiger partial charge in [-0.1, -0.05) is 31.2 Å². The molecule has 4 nitrogen and oxygen atoms in total. The Bertz CT molecular complexity index is 397. The number of benzene rings is 1. The Labute approximate surface area is 127 Å². The molecule has 0 saturated heterocycles. The number of rotatable bonds is 11. The maximum Gasteiger partial charge on any atom is 0.137 e. The summed E-state index contributed by atoms with van der Waals surface area (Å²) in [5.41, 5.74) is 2.36. The number of hydrogen-bond donors (Lipinski definition) is 2. The van der Waals surface area contributed by atoms with Gasteiger partial charge in [0.2, 0.25) is 0 Å². The van der Waals surface area contributed by atoms with Gasteiger partial charge in [0.25, 0.3) is 0 Å². The first-order chi connectivity index (χ1) is 10.2. The lowest BCUT2D eigenvalue weighted by molar-refractivity contribution is -0.118. The van der Waals surface area contributed by atoms with E-state index < -0.39 is 0 Å². The van der Waals surface area contributed by atoms with Gasteiger partial charge in [-0.05, 0) is 30.5 Å². The van der Waals surface area contributed by atoms with Crippen molar-refractivity contribution in [3.8, 4) is 0 Å². The van der Waals surface area contributed by atoms with Crippen molar-refractivity contribution in [1.82, 2.24) is 4.90 Å². The lowest BCUT2D eigenvalue weighted by atomic mass is 10.0. The van der Waals surface area contributed by atoms with Crippen LogP contribution in [0.4, 0.5) is 0 Å². The summed E-state index contributed by atoms with van der Waals surface area (Å²) in [6, 6.07) is 8.21. The molecule has 1 rings (SSSR count). The molecule has 2 N–H and O–H groups in total. The largest absolute Gasteiger partial charge is 0.395 e. The number of carbonyl (C=O) groups excluding carboxylic acids is 1. The predicted octanol–water partition coefficient (Wildman–Crippen LogP) is 1.43. The van der Waals surface area contributed by atoms with Crippen LogP contribution in [0, 0.1) is 0 Å². The molecule has 0 unspecified atom stereocenters. The Balaban J connectivity index is 2.29. The quantitative estimate of drug-likeness (QED) is 0.648. The van der Waals surface area contributed by atoms with Crippen LogP contribution in [0.15, 0.2) is 24.3 Å². The van der Waals surface area contributed by atoms with Crippen molar-refractivity contribution in [2.24, 2.45) is 0 Å². The lowest BCUT2D eigenvalue weighted by Gasteiger charge is -2.19. The minimum absolute atomic E-state index is 0.0811. The van der Waals surface area contributed by atoms with Gasteiger partial charge >= 0.3 is 0 Å². The summed E-state index contributed by atoms with van der Waals surface area (Å²) in [6.45, 7) is 4.11. The van der Waals surface area contributed by atoms with E-state index in [-0.39, 0.29) is 19.0 Å². The molecule has 0 fully saturated rings. The second kappa shape index (κ2) is 10.5. The molecule has 0 spiro atoms. The van der Waals surface area contributed by atoms with Crippen LogP contribution in [-0.4, -0.2) is 53.7 Å². The highest BCUT2D eigenvalue weighted by Gasteiger charge is 2.07. The highest BCUT2D eigenvalue weighted by Crippen LogP contribution is 2.08. The maximum atomic E-state index is 11.9. The highest BCUT2D eigenvalue weighted by molar-refractivity contribution is 5.80. The molecule has 1 aromatic rings. The van der Waals surface area contributed by atoms with Gasteiger partial charge in [-0.3, -0.25) is 9.69 Å². The van der Waals surface area contributed by atoms with Crippen LogP contribution in [0.3, 0.4) is 0 Å². The van der Waals surface area contributed by atoms with E-state index in [1.807, 2.05) is 17.0 Å². The van der Waals surface area contributed by atoms with Crippen molar-refractivity contribution >= 4 is 5.78 Å². The van der Waals surface area contributed by atoms with Crippen LogP contribution >= 0.6 is 0 Å². The highest BCUT2D eigenvalue weighted by atomic mass is 16.3. The first-order valence-electron chi connectivity index (χ1n) is 7.73. The molecule has 4 heteroatoms. The second-order valence-electron chi connectivity index (χ2n) is 5.28. The molecule has 0 saturated carbocycles. The number of carbonyl (C=O) groups is 1. The Morgan fingerprint density at radius 1 is 1.00 bits per heavy atom. The fraction of sp³-hybridized carbons (Fsp3) is 0.588. The van der Waals surface area contributed by atoms with E-state index in [1.165, 1.54) is 5.56 Å². The van der Waals surface area contributed by atoms with E-state index >= 15 is 0 Å². The summed E-state index contributed by atoms with van der Waals surface area (Å²) >= 11 is 0. The van der Waals surface area contributed by atoms with Crippen molar-refractivity contribution in [2.45, 2.75) is 32.6 Å². The van der Waals surface area contributed by atoms with Gasteiger partial charge in [0.15, 0.2) is 0 Å². The average molecular weight is 293 g/mol. The van der Waals surface area contributed by atoms with Crippen LogP contribution in [-0.2, 0) is 17.6 Å². The third kappa shape index (κ3) is 7.37. The van der Waals surface area contributed by atoms with Gasteiger partial charge in [-0.2, -0.15) is 0 Å². The Hall–Kier alpha value is -1.23. The molecule has 0 aromatic heterocycles. The van der Waals surface area contributed by atoms with Crippen LogP contribution in [0.5, 0.6) is 0 Å². The minimum Gasteiger partial charge on any atom is -0.395 e. The monoisotopic (exact) mass is 293 g/mol. The Kier molecular flexibility index (Phi) is 8.90. The molecule has 0 aliphatic heterocycles. The number of Topliss-reactive ketones (excluding diaryl/α,β-unsaturated/α-hetero) is 1. The summed E-state index contributed by atoms with van der Waals surface area (Å²) in [7, 11) is 0. The number of nitrogens with zero attached hydrogens (tertiary/aromatic N) is 1. The number of aryl methyl sites for hydroxylation is 1. The first-order valence-corrected chi connectivity index (χ1v) is 7.73. The van der Waals surface area contributed by atoms with Gasteiger partial charge in [0, 0.05) is 25.9 Å². The number of aliphatic hydroxyl groups excluding tert-OH is 2. The average Bonchev–Trinajstić information content (AvgIpc) is 2.48. The molecule has 0 aliphatic rings. The van der Waals surface area contributed by atoms with E-state index in [1.54, 1.807) is 0 Å². The zero-order chi connectivity index (χ0) is 15.5. The molecule has 0 radical (unpaired) electrons. The van der Waals surface area contributed by atoms with Crippen molar-refractivity contribution in [2.75, 3.05) is 32.8 Å². The maximum absolute atomic E-state index is 11.9. The third-order valence-electron chi connectivity index (χ3n) is 3.59. The van der Waals surface area contributed by atoms with E-state index in [2.05, 4.69) is 19.1 Å². The van der Waals surface area contributed by atoms with Crippen LogP contribution < -0.4 is 0 Å². The summed E-state index contributed by atoms with van der Waals surface area (Å²) in [6.07, 6.45) is 2.82. The number of ketones is 1. The number of aliphatic hydroxyl groups is 2. The first kappa shape index (κ1) is 17.8. The van der Waals surface area contributed by atoms with Crippen molar-refractivity contribution in [1.29, 1.82) is 0 Å². The number of hydrogen-bond acceptors (Lipinski definition) is 4. The minimum atomic E-state index is 0.0811. The molecule has 118 valence electrons. The normalized spacial score (nSPS) is 11.0. The molecular formula is C17H27NO3. The topological polar surface area (TPSA) is 60.8 Å². The third-order valence-corrected chi connectivity index (χ3v) is 3.59. The smallest absolute Gasteiger partial charge is 0.137 e. The summed E-state index contributed by atoms with van der Waals surface area (Å²) in [4.78, 5) is 13.9. The Morgan fingerprint density at radius 2 is 1.57 bits per heavy atom. The fourth-order valence-corrected chi connectivity index (χ4v) is 2.33. The Morgan fingerprint density at radius 3 is 2.10 bits per heavy atom. The van der Waals surface area contributed by atoms with Gasteiger partial charge in [-0.25, -0.2) is 0 Å². The predicted molar refractivity (Wildman–Crippen MR) is 84.4 cm³/mol. The molecule has 0 amide bonds. The summed E-state index contributed by atoms with van der Waals surface area (Å²) < 4.78 is 0. The van der Waals surface area contributed by atoms with Crippen molar-refractivity contribution in [3.05, 3.63) is 35.4 Å². The van der Waals surface area contributed by atoms with E-state index in [9.17, 15) is 4.79 Å². The van der Waals surface area contributed by atoms with E-state index in [0.717, 1.165) is 24.9 Å². The molecule has 0 atom stereocenters. The van der Waals surface area contributed by atoms with Crippen LogP contribution in [0.1, 0.15) is 30.9 Å². The molecule has 0 heterocycles. The van der Waals surface area contributed by atoms with Gasteiger partial charge in [0.05, 0.1) is 13.2 Å². The zero-order valence-corrected chi connectivity index (χ0v) is 12.9. The van der Waals surface area contributed by atoms with Crippen molar-refractivity contribution < 1.29 is 15.0 Å². The van der Waals surface area contributed by atoms with E-state index in [4.69, 9.17) is 10.2 Å². The van der Waals surface area contributed by atoms with Gasteiger partial charge in [-0.15, -0.1) is 0 Å². The van der Waals surface area contributed by atoms with Crippen LogP contribution in [0.2, 0.25) is 0 Å². The molecule has 1 aromatic carbocycles. The van der Waals surface area contributed by atoms with Crippen molar-refractivity contribution in [3.63, 3.8) is 0 Å².